The Kier molecular flexibility index (Phi) is 14.2. The van der Waals surface area contributed by atoms with Crippen LogP contribution < -0.4 is 4.74 Å². The molecule has 0 saturated heterocycles. The average molecular weight is 601 g/mol. The molecular formula is C39H52O5. The highest BCUT2D eigenvalue weighted by Gasteiger charge is 2.26. The predicted molar refractivity (Wildman–Crippen MR) is 181 cm³/mol. The molecular weight excluding hydrogens is 548 g/mol. The van der Waals surface area contributed by atoms with E-state index in [0.717, 1.165) is 29.7 Å². The summed E-state index contributed by atoms with van der Waals surface area (Å²) in [6, 6.07) is 22.0. The number of esters is 1. The van der Waals surface area contributed by atoms with Gasteiger partial charge in [-0.2, -0.15) is 0 Å². The van der Waals surface area contributed by atoms with E-state index in [4.69, 9.17) is 9.47 Å². The minimum Gasteiger partial charge on any atom is -0.493 e. The van der Waals surface area contributed by atoms with Gasteiger partial charge in [-0.05, 0) is 103 Å². The molecule has 0 unspecified atom stereocenters. The summed E-state index contributed by atoms with van der Waals surface area (Å²) < 4.78 is 11.6. The average Bonchev–Trinajstić information content (AvgIpc) is 3.05. The van der Waals surface area contributed by atoms with Crippen molar-refractivity contribution in [2.75, 3.05) is 26.4 Å². The number of benzene rings is 3. The molecule has 238 valence electrons. The zero-order chi connectivity index (χ0) is 32.0. The molecule has 0 fully saturated rings. The maximum atomic E-state index is 11.9. The molecule has 0 aromatic heterocycles. The second kappa shape index (κ2) is 17.8. The number of carbonyl (C=O) groups excluding carboxylic acids is 1. The van der Waals surface area contributed by atoms with E-state index in [0.29, 0.717) is 44.5 Å². The van der Waals surface area contributed by atoms with Crippen LogP contribution >= 0.6 is 0 Å². The van der Waals surface area contributed by atoms with Crippen LogP contribution in [0.15, 0.2) is 72.8 Å². The van der Waals surface area contributed by atoms with Crippen LogP contribution in [0.1, 0.15) is 82.9 Å². The van der Waals surface area contributed by atoms with Crippen molar-refractivity contribution in [3.05, 3.63) is 89.5 Å². The molecule has 3 rings (SSSR count). The van der Waals surface area contributed by atoms with E-state index in [9.17, 15) is 15.0 Å². The number of hydrogen-bond acceptors (Lipinski definition) is 5. The normalized spacial score (nSPS) is 11.4. The van der Waals surface area contributed by atoms with Gasteiger partial charge < -0.3 is 19.7 Å². The molecule has 3 aromatic carbocycles. The zero-order valence-corrected chi connectivity index (χ0v) is 27.3. The van der Waals surface area contributed by atoms with Crippen molar-refractivity contribution >= 4 is 5.97 Å². The Balaban J connectivity index is 1.84. The predicted octanol–water partition coefficient (Wildman–Crippen LogP) is 8.52. The molecule has 0 saturated carbocycles. The minimum absolute atomic E-state index is 0.0812. The smallest absolute Gasteiger partial charge is 0.333 e. The topological polar surface area (TPSA) is 76.0 Å². The van der Waals surface area contributed by atoms with Crippen molar-refractivity contribution in [1.82, 2.24) is 0 Å². The van der Waals surface area contributed by atoms with Crippen LogP contribution in [-0.2, 0) is 28.8 Å². The summed E-state index contributed by atoms with van der Waals surface area (Å²) in [5.41, 5.74) is 8.31. The lowest BCUT2D eigenvalue weighted by Crippen LogP contribution is -2.31. The van der Waals surface area contributed by atoms with Crippen molar-refractivity contribution in [3.63, 3.8) is 0 Å². The van der Waals surface area contributed by atoms with Gasteiger partial charge in [0.05, 0.1) is 26.4 Å². The van der Waals surface area contributed by atoms with E-state index in [-0.39, 0.29) is 19.2 Å². The van der Waals surface area contributed by atoms with Gasteiger partial charge in [0.2, 0.25) is 0 Å². The van der Waals surface area contributed by atoms with E-state index in [2.05, 4.69) is 75.0 Å². The molecule has 0 radical (unpaired) electrons. The van der Waals surface area contributed by atoms with Gasteiger partial charge >= 0.3 is 5.97 Å². The molecule has 0 aliphatic rings. The van der Waals surface area contributed by atoms with Crippen molar-refractivity contribution in [2.24, 2.45) is 5.41 Å². The molecule has 0 aliphatic heterocycles. The number of unbranched alkanes of at least 4 members (excludes halogenated alkanes) is 2. The summed E-state index contributed by atoms with van der Waals surface area (Å²) in [7, 11) is 0. The van der Waals surface area contributed by atoms with E-state index < -0.39 is 5.41 Å². The Hall–Kier alpha value is -3.41. The summed E-state index contributed by atoms with van der Waals surface area (Å²) in [4.78, 5) is 11.9. The van der Waals surface area contributed by atoms with Gasteiger partial charge in [0, 0.05) is 11.0 Å². The number of ether oxygens (including phenoxy) is 2. The van der Waals surface area contributed by atoms with Crippen molar-refractivity contribution in [2.45, 2.75) is 85.5 Å². The zero-order valence-electron chi connectivity index (χ0n) is 27.3. The van der Waals surface area contributed by atoms with Crippen LogP contribution in [0.2, 0.25) is 0 Å². The SMILES string of the molecule is C=C(C)C(=O)OCCCc1cc(-c2ccc(-c3ccc(CCCCC)cc3)cc2CC)ccc1OCCC(CC)(CO)CO. The first-order chi connectivity index (χ1) is 21.3. The number of hydrogen-bond donors (Lipinski definition) is 2. The maximum absolute atomic E-state index is 11.9. The van der Waals surface area contributed by atoms with Crippen molar-refractivity contribution in [1.29, 1.82) is 0 Å². The van der Waals surface area contributed by atoms with Crippen LogP contribution in [-0.4, -0.2) is 42.6 Å². The standard InChI is InChI=1S/C39H52O5/c1-6-9-10-12-30-14-16-32(17-15-30)33-18-20-36(31(7-2)25-33)34-19-21-37(43-24-22-39(8-3,27-40)28-41)35(26-34)13-11-23-44-38(42)29(4)5/h14-21,25-26,40-41H,4,6-13,22-24,27-28H2,1-3,5H3. The molecule has 0 amide bonds. The second-order valence-electron chi connectivity index (χ2n) is 12.0. The fourth-order valence-corrected chi connectivity index (χ4v) is 5.41. The van der Waals surface area contributed by atoms with Crippen LogP contribution in [0, 0.1) is 5.41 Å². The van der Waals surface area contributed by atoms with Gasteiger partial charge in [-0.3, -0.25) is 0 Å². The van der Waals surface area contributed by atoms with Gasteiger partial charge in [0.15, 0.2) is 0 Å². The Morgan fingerprint density at radius 1 is 0.795 bits per heavy atom. The summed E-state index contributed by atoms with van der Waals surface area (Å²) >= 11 is 0. The van der Waals surface area contributed by atoms with Crippen LogP contribution in [0.25, 0.3) is 22.3 Å². The first-order valence-electron chi connectivity index (χ1n) is 16.3. The third-order valence-electron chi connectivity index (χ3n) is 8.70. The maximum Gasteiger partial charge on any atom is 0.333 e. The third-order valence-corrected chi connectivity index (χ3v) is 8.70. The summed E-state index contributed by atoms with van der Waals surface area (Å²) in [5, 5.41) is 19.7. The van der Waals surface area contributed by atoms with Crippen molar-refractivity contribution < 1.29 is 24.5 Å². The Bertz CT molecular complexity index is 1330. The molecule has 5 nitrogen and oxygen atoms in total. The Morgan fingerprint density at radius 2 is 1.48 bits per heavy atom. The fourth-order valence-electron chi connectivity index (χ4n) is 5.41. The summed E-state index contributed by atoms with van der Waals surface area (Å²) in [6.07, 6.45) is 8.33. The van der Waals surface area contributed by atoms with Crippen molar-refractivity contribution in [3.8, 4) is 28.0 Å². The number of aliphatic hydroxyl groups is 2. The van der Waals surface area contributed by atoms with E-state index in [1.165, 1.54) is 47.1 Å². The van der Waals surface area contributed by atoms with Gasteiger partial charge in [-0.25, -0.2) is 4.79 Å². The van der Waals surface area contributed by atoms with Crippen LogP contribution in [0.3, 0.4) is 0 Å². The molecule has 0 spiro atoms. The number of aryl methyl sites for hydroxylation is 3. The summed E-state index contributed by atoms with van der Waals surface area (Å²) in [5.74, 6) is 0.396. The molecule has 5 heteroatoms. The van der Waals surface area contributed by atoms with Crippen LogP contribution in [0.5, 0.6) is 5.75 Å². The highest BCUT2D eigenvalue weighted by atomic mass is 16.5. The molecule has 2 N–H and O–H groups in total. The lowest BCUT2D eigenvalue weighted by Gasteiger charge is -2.28. The molecule has 0 heterocycles. The van der Waals surface area contributed by atoms with E-state index in [1.54, 1.807) is 6.92 Å². The Labute approximate surface area is 264 Å². The first-order valence-corrected chi connectivity index (χ1v) is 16.3. The quantitative estimate of drug-likeness (QED) is 0.0820. The lowest BCUT2D eigenvalue weighted by molar-refractivity contribution is -0.139. The molecule has 3 aromatic rings. The highest BCUT2D eigenvalue weighted by molar-refractivity contribution is 5.86. The molecule has 0 aliphatic carbocycles. The molecule has 44 heavy (non-hydrogen) atoms. The van der Waals surface area contributed by atoms with E-state index in [1.807, 2.05) is 13.0 Å². The number of rotatable bonds is 19. The second-order valence-corrected chi connectivity index (χ2v) is 12.0. The van der Waals surface area contributed by atoms with Gasteiger partial charge in [-0.1, -0.05) is 88.7 Å². The lowest BCUT2D eigenvalue weighted by atomic mass is 9.84. The van der Waals surface area contributed by atoms with Crippen LogP contribution in [0.4, 0.5) is 0 Å². The number of aliphatic hydroxyl groups excluding tert-OH is 2. The van der Waals surface area contributed by atoms with E-state index >= 15 is 0 Å². The fraction of sp³-hybridized carbons (Fsp3) is 0.462. The van der Waals surface area contributed by atoms with Gasteiger partial charge in [0.25, 0.3) is 0 Å². The molecule has 0 atom stereocenters. The first kappa shape index (κ1) is 35.1. The molecule has 0 bridgehead atoms. The summed E-state index contributed by atoms with van der Waals surface area (Å²) in [6.45, 7) is 12.2. The third kappa shape index (κ3) is 9.80. The Morgan fingerprint density at radius 3 is 2.11 bits per heavy atom. The monoisotopic (exact) mass is 600 g/mol. The highest BCUT2D eigenvalue weighted by Crippen LogP contribution is 2.34. The van der Waals surface area contributed by atoms with Gasteiger partial charge in [0.1, 0.15) is 5.75 Å². The van der Waals surface area contributed by atoms with Gasteiger partial charge in [-0.15, -0.1) is 0 Å². The largest absolute Gasteiger partial charge is 0.493 e. The number of carbonyl (C=O) groups is 1. The minimum atomic E-state index is -0.552.